The average molecular weight is 589 g/mol. The first-order chi connectivity index (χ1) is 19.7. The molecule has 4 amide bonds. The zero-order valence-electron chi connectivity index (χ0n) is 24.5. The molecule has 0 bridgehead atoms. The van der Waals surface area contributed by atoms with E-state index in [0.29, 0.717) is 6.42 Å². The predicted octanol–water partition coefficient (Wildman–Crippen LogP) is 3.88. The van der Waals surface area contributed by atoms with Gasteiger partial charge in [-0.3, -0.25) is 15.0 Å². The van der Waals surface area contributed by atoms with Crippen LogP contribution in [0.3, 0.4) is 0 Å². The average Bonchev–Trinajstić information content (AvgIpc) is 2.92. The predicted molar refractivity (Wildman–Crippen MR) is 153 cm³/mol. The van der Waals surface area contributed by atoms with Crippen LogP contribution in [-0.4, -0.2) is 53.5 Å². The topological polar surface area (TPSA) is 181 Å². The lowest BCUT2D eigenvalue weighted by molar-refractivity contribution is -0.135. The van der Waals surface area contributed by atoms with Gasteiger partial charge in [-0.05, 0) is 44.2 Å². The molecule has 1 atom stereocenters. The van der Waals surface area contributed by atoms with E-state index in [1.165, 1.54) is 0 Å². The second-order valence-corrected chi connectivity index (χ2v) is 10.3. The van der Waals surface area contributed by atoms with Gasteiger partial charge in [-0.1, -0.05) is 74.5 Å². The number of hydrazine groups is 1. The number of hydrogen-bond donors (Lipinski definition) is 5. The normalized spacial score (nSPS) is 11.1. The quantitative estimate of drug-likeness (QED) is 0.203. The lowest BCUT2D eigenvalue weighted by atomic mass is 10.0. The number of hydrogen-bond acceptors (Lipinski definition) is 8. The highest BCUT2D eigenvalue weighted by molar-refractivity contribution is 5.86. The summed E-state index contributed by atoms with van der Waals surface area (Å²) in [6.45, 7) is 8.75. The molecule has 13 nitrogen and oxygen atoms in total. The molecule has 0 spiro atoms. The molecule has 0 heterocycles. The van der Waals surface area contributed by atoms with Crippen LogP contribution in [0.25, 0.3) is 0 Å². The van der Waals surface area contributed by atoms with Gasteiger partial charge in [-0.25, -0.2) is 19.8 Å². The van der Waals surface area contributed by atoms with E-state index in [9.17, 15) is 24.0 Å². The third-order valence-corrected chi connectivity index (χ3v) is 4.81. The van der Waals surface area contributed by atoms with Crippen molar-refractivity contribution in [3.63, 3.8) is 0 Å². The molecule has 0 radical (unpaired) electrons. The van der Waals surface area contributed by atoms with Gasteiger partial charge in [0.1, 0.15) is 31.4 Å². The molecule has 0 saturated heterocycles. The summed E-state index contributed by atoms with van der Waals surface area (Å²) in [6, 6.07) is 17.5. The molecule has 0 aliphatic rings. The van der Waals surface area contributed by atoms with E-state index in [1.54, 1.807) is 20.8 Å². The summed E-state index contributed by atoms with van der Waals surface area (Å²) in [5.41, 5.74) is 5.43. The highest BCUT2D eigenvalue weighted by Gasteiger charge is 2.24. The summed E-state index contributed by atoms with van der Waals surface area (Å²) >= 11 is 0. The minimum absolute atomic E-state index is 0.0961. The molecular formula is C29H40N4O9. The first-order valence-corrected chi connectivity index (χ1v) is 13.2. The molecule has 0 fully saturated rings. The van der Waals surface area contributed by atoms with Crippen LogP contribution in [0.15, 0.2) is 60.7 Å². The number of carbonyl (C=O) groups is 5. The van der Waals surface area contributed by atoms with E-state index in [0.717, 1.165) is 11.1 Å². The van der Waals surface area contributed by atoms with Crippen molar-refractivity contribution in [1.82, 2.24) is 21.5 Å². The zero-order valence-corrected chi connectivity index (χ0v) is 24.5. The van der Waals surface area contributed by atoms with Crippen molar-refractivity contribution in [3.05, 3.63) is 71.8 Å². The first-order valence-electron chi connectivity index (χ1n) is 13.2. The lowest BCUT2D eigenvalue weighted by Crippen LogP contribution is -2.53. The van der Waals surface area contributed by atoms with Crippen molar-refractivity contribution in [2.75, 3.05) is 6.54 Å². The van der Waals surface area contributed by atoms with Crippen LogP contribution >= 0.6 is 0 Å². The number of benzene rings is 2. The number of amides is 4. The number of carboxylic acids is 1. The summed E-state index contributed by atoms with van der Waals surface area (Å²) in [6.07, 6.45) is -1.86. The number of carboxylic acid groups (broad SMARTS) is 1. The third-order valence-electron chi connectivity index (χ3n) is 4.81. The number of ether oxygens (including phenoxy) is 3. The molecule has 13 heteroatoms. The van der Waals surface area contributed by atoms with Crippen LogP contribution in [0.2, 0.25) is 0 Å². The van der Waals surface area contributed by atoms with Crippen LogP contribution in [0.5, 0.6) is 0 Å². The summed E-state index contributed by atoms with van der Waals surface area (Å²) in [5.74, 6) is -1.53. The van der Waals surface area contributed by atoms with Crippen LogP contribution in [0.1, 0.15) is 52.2 Å². The van der Waals surface area contributed by atoms with E-state index >= 15 is 0 Å². The van der Waals surface area contributed by atoms with Gasteiger partial charge in [0, 0.05) is 0 Å². The van der Waals surface area contributed by atoms with E-state index in [2.05, 4.69) is 21.5 Å². The Hall–Kier alpha value is -4.81. The molecule has 5 N–H and O–H groups in total. The number of aliphatic carboxylic acids is 1. The Morgan fingerprint density at radius 2 is 1.26 bits per heavy atom. The second-order valence-electron chi connectivity index (χ2n) is 10.3. The summed E-state index contributed by atoms with van der Waals surface area (Å²) in [7, 11) is 0. The molecule has 2 rings (SSSR count). The highest BCUT2D eigenvalue weighted by Crippen LogP contribution is 2.08. The van der Waals surface area contributed by atoms with Crippen LogP contribution in [-0.2, 0) is 37.0 Å². The van der Waals surface area contributed by atoms with Gasteiger partial charge in [-0.2, -0.15) is 0 Å². The monoisotopic (exact) mass is 588 g/mol. The number of alkyl carbamates (subject to hydrolysis) is 2. The van der Waals surface area contributed by atoms with Crippen molar-refractivity contribution in [2.24, 2.45) is 5.92 Å². The maximum absolute atomic E-state index is 12.3. The minimum Gasteiger partial charge on any atom is -0.480 e. The first kappa shape index (κ1) is 35.2. The van der Waals surface area contributed by atoms with Crippen molar-refractivity contribution in [1.29, 1.82) is 0 Å². The van der Waals surface area contributed by atoms with Gasteiger partial charge in [0.25, 0.3) is 5.91 Å². The zero-order chi connectivity index (χ0) is 31.5. The van der Waals surface area contributed by atoms with Gasteiger partial charge in [0.2, 0.25) is 0 Å². The maximum Gasteiger partial charge on any atom is 0.426 e. The standard InChI is InChI=1S/C19H29N3O5.C10H11NO4/c1-13(2)11-15(16(23)21-22-18(25)27-19(3,4)5)20-17(24)26-12-14-9-7-6-8-10-14;12-9(13)6-11-10(14)15-7-8-4-2-1-3-5-8/h6-10,13,15H,11-12H2,1-5H3,(H,20,24)(H,21,23)(H,22,25);1-5H,6-7H2,(H,11,14)(H,12,13)/t15-;/m0./s1. The Balaban J connectivity index is 0.000000495. The Labute approximate surface area is 245 Å². The lowest BCUT2D eigenvalue weighted by Gasteiger charge is -2.22. The van der Waals surface area contributed by atoms with Crippen LogP contribution in [0.4, 0.5) is 14.4 Å². The fraction of sp³-hybridized carbons (Fsp3) is 0.414. The third kappa shape index (κ3) is 17.7. The fourth-order valence-electron chi connectivity index (χ4n) is 3.04. The molecule has 230 valence electrons. The summed E-state index contributed by atoms with van der Waals surface area (Å²) in [5, 5.41) is 12.9. The van der Waals surface area contributed by atoms with E-state index < -0.39 is 48.3 Å². The van der Waals surface area contributed by atoms with E-state index in [-0.39, 0.29) is 19.1 Å². The van der Waals surface area contributed by atoms with Gasteiger partial charge in [-0.15, -0.1) is 0 Å². The molecule has 0 aliphatic carbocycles. The van der Waals surface area contributed by atoms with Gasteiger partial charge in [0.15, 0.2) is 0 Å². The van der Waals surface area contributed by atoms with Crippen molar-refractivity contribution in [2.45, 2.75) is 65.9 Å². The molecule has 2 aromatic rings. The number of nitrogens with one attached hydrogen (secondary N) is 4. The Bertz CT molecular complexity index is 1140. The molecular weight excluding hydrogens is 548 g/mol. The van der Waals surface area contributed by atoms with Crippen molar-refractivity contribution in [3.8, 4) is 0 Å². The molecule has 0 saturated carbocycles. The smallest absolute Gasteiger partial charge is 0.426 e. The Morgan fingerprint density at radius 1 is 0.762 bits per heavy atom. The molecule has 42 heavy (non-hydrogen) atoms. The van der Waals surface area contributed by atoms with Crippen molar-refractivity contribution < 1.29 is 43.3 Å². The molecule has 0 unspecified atom stereocenters. The van der Waals surface area contributed by atoms with E-state index in [1.807, 2.05) is 74.5 Å². The van der Waals surface area contributed by atoms with Gasteiger partial charge < -0.3 is 30.0 Å². The SMILES string of the molecule is CC(C)C[C@H](NC(=O)OCc1ccccc1)C(=O)NNC(=O)OC(C)(C)C.O=C(O)CNC(=O)OCc1ccccc1. The highest BCUT2D eigenvalue weighted by atomic mass is 16.6. The summed E-state index contributed by atoms with van der Waals surface area (Å²) in [4.78, 5) is 57.0. The molecule has 0 aromatic heterocycles. The Kier molecular flexibility index (Phi) is 15.5. The number of carbonyl (C=O) groups excluding carboxylic acids is 4. The van der Waals surface area contributed by atoms with Crippen molar-refractivity contribution >= 4 is 30.2 Å². The second kappa shape index (κ2) is 18.5. The molecule has 0 aliphatic heterocycles. The summed E-state index contributed by atoms with van der Waals surface area (Å²) < 4.78 is 14.9. The Morgan fingerprint density at radius 3 is 1.71 bits per heavy atom. The fourth-order valence-corrected chi connectivity index (χ4v) is 3.04. The van der Waals surface area contributed by atoms with E-state index in [4.69, 9.17) is 19.3 Å². The largest absolute Gasteiger partial charge is 0.480 e. The molecule has 2 aromatic carbocycles. The number of rotatable bonds is 10. The van der Waals surface area contributed by atoms with Gasteiger partial charge >= 0.3 is 24.2 Å². The van der Waals surface area contributed by atoms with Crippen LogP contribution in [0, 0.1) is 5.92 Å². The van der Waals surface area contributed by atoms with Gasteiger partial charge in [0.05, 0.1) is 0 Å². The minimum atomic E-state index is -1.10. The maximum atomic E-state index is 12.3. The van der Waals surface area contributed by atoms with Crippen LogP contribution < -0.4 is 21.5 Å².